The second kappa shape index (κ2) is 17.4. The zero-order valence-corrected chi connectivity index (χ0v) is 36.0. The summed E-state index contributed by atoms with van der Waals surface area (Å²) in [5, 5.41) is 2.09. The Morgan fingerprint density at radius 1 is 0.431 bits per heavy atom. The molecule has 0 aliphatic carbocycles. The predicted molar refractivity (Wildman–Crippen MR) is 271 cm³/mol. The number of hydrogen-bond donors (Lipinski definition) is 0. The number of benzene rings is 9. The third kappa shape index (κ3) is 7.87. The van der Waals surface area contributed by atoms with Crippen molar-refractivity contribution >= 4 is 39.2 Å². The molecule has 0 saturated heterocycles. The number of furan rings is 1. The number of fused-ring (bicyclic) bond motifs is 3. The molecule has 308 valence electrons. The van der Waals surface area contributed by atoms with Gasteiger partial charge in [-0.2, -0.15) is 0 Å². The summed E-state index contributed by atoms with van der Waals surface area (Å²) < 4.78 is 7.05. The van der Waals surface area contributed by atoms with Crippen molar-refractivity contribution in [1.82, 2.24) is 0 Å². The number of amidine groups is 1. The first-order valence-electron chi connectivity index (χ1n) is 22.2. The molecule has 1 aliphatic heterocycles. The highest BCUT2D eigenvalue weighted by Gasteiger charge is 2.22. The largest absolute Gasteiger partial charge is 0.455 e. The fourth-order valence-electron chi connectivity index (χ4n) is 9.27. The van der Waals surface area contributed by atoms with Crippen molar-refractivity contribution in [3.05, 3.63) is 275 Å². The molecule has 11 rings (SSSR count). The van der Waals surface area contributed by atoms with Gasteiger partial charge in [0.2, 0.25) is 0 Å². The van der Waals surface area contributed by atoms with Gasteiger partial charge < -0.3 is 4.42 Å². The van der Waals surface area contributed by atoms with Crippen LogP contribution in [0.1, 0.15) is 46.2 Å². The fourth-order valence-corrected chi connectivity index (χ4v) is 9.27. The van der Waals surface area contributed by atoms with Gasteiger partial charge in [0.25, 0.3) is 0 Å². The van der Waals surface area contributed by atoms with E-state index < -0.39 is 0 Å². The Kier molecular flexibility index (Phi) is 10.6. The maximum Gasteiger partial charge on any atom is 0.161 e. The molecule has 0 N–H and O–H groups in total. The lowest BCUT2D eigenvalue weighted by atomic mass is 9.81. The molecule has 10 aromatic rings. The Morgan fingerprint density at radius 2 is 0.954 bits per heavy atom. The van der Waals surface area contributed by atoms with Gasteiger partial charge in [-0.1, -0.05) is 230 Å². The van der Waals surface area contributed by atoms with Gasteiger partial charge in [0.05, 0.1) is 11.3 Å². The Hall–Kier alpha value is -8.36. The molecular weight excluding hydrogens is 789 g/mol. The highest BCUT2D eigenvalue weighted by Crippen LogP contribution is 2.41. The van der Waals surface area contributed by atoms with Gasteiger partial charge in [-0.15, -0.1) is 0 Å². The van der Waals surface area contributed by atoms with Crippen LogP contribution in [0.5, 0.6) is 0 Å². The fraction of sp³-hybridized carbons (Fsp3) is 0.0484. The van der Waals surface area contributed by atoms with Crippen LogP contribution in [0, 0.1) is 0 Å². The molecule has 3 heteroatoms. The van der Waals surface area contributed by atoms with E-state index in [1.807, 2.05) is 36.4 Å². The lowest BCUT2D eigenvalue weighted by Crippen LogP contribution is -2.07. The third-order valence-corrected chi connectivity index (χ3v) is 12.5. The number of aliphatic imine (C=N–C) groups is 2. The van der Waals surface area contributed by atoms with E-state index in [-0.39, 0.29) is 5.92 Å². The Morgan fingerprint density at radius 3 is 1.65 bits per heavy atom. The van der Waals surface area contributed by atoms with Crippen molar-refractivity contribution in [3.63, 3.8) is 0 Å². The summed E-state index contributed by atoms with van der Waals surface area (Å²) >= 11 is 0. The summed E-state index contributed by atoms with van der Waals surface area (Å²) in [6.07, 6.45) is 0.817. The molecule has 0 saturated carbocycles. The highest BCUT2D eigenvalue weighted by atomic mass is 16.3. The van der Waals surface area contributed by atoms with Crippen LogP contribution >= 0.6 is 0 Å². The van der Waals surface area contributed by atoms with Crippen molar-refractivity contribution in [1.29, 1.82) is 0 Å². The van der Waals surface area contributed by atoms with Crippen molar-refractivity contribution in [2.75, 3.05) is 0 Å². The second-order valence-electron chi connectivity index (χ2n) is 16.6. The molecule has 1 aromatic heterocycles. The summed E-state index contributed by atoms with van der Waals surface area (Å²) in [6, 6.07) is 81.6. The van der Waals surface area contributed by atoms with Gasteiger partial charge >= 0.3 is 0 Å². The summed E-state index contributed by atoms with van der Waals surface area (Å²) in [4.78, 5) is 10.4. The molecule has 2 heterocycles. The van der Waals surface area contributed by atoms with E-state index in [2.05, 4.69) is 207 Å². The van der Waals surface area contributed by atoms with Crippen LogP contribution in [0.25, 0.3) is 61.0 Å². The molecule has 0 fully saturated rings. The lowest BCUT2D eigenvalue weighted by Gasteiger charge is -2.22. The second-order valence-corrected chi connectivity index (χ2v) is 16.6. The summed E-state index contributed by atoms with van der Waals surface area (Å²) in [5.41, 5.74) is 21.4. The van der Waals surface area contributed by atoms with E-state index in [0.717, 1.165) is 67.5 Å². The molecule has 0 spiro atoms. The Labute approximate surface area is 379 Å². The quantitative estimate of drug-likeness (QED) is 0.127. The van der Waals surface area contributed by atoms with Crippen LogP contribution in [0.3, 0.4) is 0 Å². The topological polar surface area (TPSA) is 37.9 Å². The first kappa shape index (κ1) is 39.5. The van der Waals surface area contributed by atoms with Crippen LogP contribution in [0.15, 0.2) is 256 Å². The molecule has 0 amide bonds. The van der Waals surface area contributed by atoms with Gasteiger partial charge in [-0.3, -0.25) is 0 Å². The summed E-state index contributed by atoms with van der Waals surface area (Å²) in [5.74, 6) is 0.736. The zero-order chi connectivity index (χ0) is 43.5. The molecule has 9 aromatic carbocycles. The van der Waals surface area contributed by atoms with Crippen LogP contribution in [0.4, 0.5) is 0 Å². The summed E-state index contributed by atoms with van der Waals surface area (Å²) in [7, 11) is 0. The predicted octanol–water partition coefficient (Wildman–Crippen LogP) is 15.8. The number of para-hydroxylation sites is 2. The van der Waals surface area contributed by atoms with E-state index in [1.54, 1.807) is 0 Å². The first-order chi connectivity index (χ1) is 32.1. The molecule has 1 aliphatic rings. The summed E-state index contributed by atoms with van der Waals surface area (Å²) in [6.45, 7) is 2.06. The minimum atomic E-state index is 0.105. The van der Waals surface area contributed by atoms with Gasteiger partial charge in [0, 0.05) is 39.0 Å². The number of hydrogen-bond acceptors (Lipinski definition) is 3. The molecule has 0 bridgehead atoms. The number of rotatable bonds is 10. The molecule has 1 atom stereocenters. The normalized spacial score (nSPS) is 13.1. The molecule has 3 nitrogen and oxygen atoms in total. The smallest absolute Gasteiger partial charge is 0.161 e. The SMILES string of the molecule is CC1=C=C(c2cccc3c2oc2c(-c4cccc(CC(c5ccc(-c6ccccc6)cc5)c5ccccc5-c5ccccc5)c4)cccc23)N=C(c2ccccc2)N=C1c1ccccc1. The van der Waals surface area contributed by atoms with Crippen molar-refractivity contribution < 1.29 is 4.42 Å². The van der Waals surface area contributed by atoms with Crippen LogP contribution < -0.4 is 0 Å². The van der Waals surface area contributed by atoms with E-state index in [1.165, 1.54) is 38.9 Å². The Bertz CT molecular complexity index is 3470. The van der Waals surface area contributed by atoms with Gasteiger partial charge in [-0.25, -0.2) is 9.98 Å². The van der Waals surface area contributed by atoms with Gasteiger partial charge in [-0.05, 0) is 63.9 Å². The van der Waals surface area contributed by atoms with Crippen molar-refractivity contribution in [2.45, 2.75) is 19.3 Å². The van der Waals surface area contributed by atoms with Crippen LogP contribution in [-0.2, 0) is 6.42 Å². The molecule has 0 radical (unpaired) electrons. The average Bonchev–Trinajstić information content (AvgIpc) is 3.68. The van der Waals surface area contributed by atoms with Gasteiger partial charge in [0.15, 0.2) is 5.84 Å². The number of nitrogens with zero attached hydrogens (tertiary/aromatic N) is 2. The average molecular weight is 833 g/mol. The monoisotopic (exact) mass is 832 g/mol. The van der Waals surface area contributed by atoms with E-state index in [9.17, 15) is 0 Å². The highest BCUT2D eigenvalue weighted by molar-refractivity contribution is 6.21. The third-order valence-electron chi connectivity index (χ3n) is 12.5. The minimum absolute atomic E-state index is 0.105. The minimum Gasteiger partial charge on any atom is -0.455 e. The van der Waals surface area contributed by atoms with Gasteiger partial charge in [0.1, 0.15) is 16.9 Å². The molecular formula is C62H44N2O. The van der Waals surface area contributed by atoms with Crippen molar-refractivity contribution in [3.8, 4) is 33.4 Å². The molecule has 1 unspecified atom stereocenters. The molecule has 65 heavy (non-hydrogen) atoms. The van der Waals surface area contributed by atoms with E-state index in [4.69, 9.17) is 14.4 Å². The van der Waals surface area contributed by atoms with E-state index in [0.29, 0.717) is 11.5 Å². The lowest BCUT2D eigenvalue weighted by molar-refractivity contribution is 0.668. The zero-order valence-electron chi connectivity index (χ0n) is 36.0. The van der Waals surface area contributed by atoms with Crippen molar-refractivity contribution in [2.24, 2.45) is 9.98 Å². The van der Waals surface area contributed by atoms with Crippen LogP contribution in [0.2, 0.25) is 0 Å². The maximum absolute atomic E-state index is 7.05. The van der Waals surface area contributed by atoms with E-state index >= 15 is 0 Å². The maximum atomic E-state index is 7.05. The standard InChI is InChI=1S/C62H44N2O/c1-42-39-58(63-62(49-26-12-5-13-27-49)64-59(42)48-24-10-4-11-25-48)56-34-18-33-55-54-32-17-31-52(60(54)65-61(55)56)50-28-16-19-43(40-50)41-57(47-37-35-45(36-38-47)44-20-6-2-7-21-44)53-30-15-14-29-51(53)46-22-8-3-9-23-46/h2-38,40,57H,41H2,1H3. The number of allylic oxidation sites excluding steroid dienone is 1. The Balaban J connectivity index is 1.01. The van der Waals surface area contributed by atoms with Crippen LogP contribution in [-0.4, -0.2) is 11.5 Å². The first-order valence-corrected chi connectivity index (χ1v) is 22.2.